The van der Waals surface area contributed by atoms with Crippen molar-refractivity contribution in [2.75, 3.05) is 5.73 Å². The van der Waals surface area contributed by atoms with Crippen LogP contribution < -0.4 is 10.5 Å². The summed E-state index contributed by atoms with van der Waals surface area (Å²) in [5.74, 6) is 1.17. The first-order valence-corrected chi connectivity index (χ1v) is 6.68. The first-order valence-electron chi connectivity index (χ1n) is 5.86. The molecule has 0 spiro atoms. The maximum atomic E-state index is 5.98. The van der Waals surface area contributed by atoms with E-state index in [0.29, 0.717) is 21.8 Å². The molecule has 0 aromatic carbocycles. The second kappa shape index (κ2) is 5.48. The Morgan fingerprint density at radius 2 is 2.05 bits per heavy atom. The van der Waals surface area contributed by atoms with Crippen LogP contribution in [-0.2, 0) is 0 Å². The van der Waals surface area contributed by atoms with E-state index in [0.717, 1.165) is 11.5 Å². The van der Waals surface area contributed by atoms with Gasteiger partial charge in [0.1, 0.15) is 22.8 Å². The molecule has 0 aliphatic heterocycles. The van der Waals surface area contributed by atoms with Crippen molar-refractivity contribution in [3.63, 3.8) is 0 Å². The van der Waals surface area contributed by atoms with Gasteiger partial charge in [0.15, 0.2) is 0 Å². The molecular formula is C12H16N4O2S. The monoisotopic (exact) mass is 280 g/mol. The van der Waals surface area contributed by atoms with Crippen LogP contribution in [0.2, 0.25) is 0 Å². The average Bonchev–Trinajstić information content (AvgIpc) is 2.63. The number of oxazole rings is 1. The van der Waals surface area contributed by atoms with Gasteiger partial charge in [0.25, 0.3) is 5.22 Å². The molecular weight excluding hydrogens is 264 g/mol. The zero-order chi connectivity index (χ0) is 14.0. The maximum absolute atomic E-state index is 5.98. The lowest BCUT2D eigenvalue weighted by Crippen LogP contribution is -2.09. The SMILES string of the molecule is Cc1nc(Sc2ncnc(OC(C)C)c2N)oc1C. The lowest BCUT2D eigenvalue weighted by molar-refractivity contribution is 0.233. The predicted molar refractivity (Wildman–Crippen MR) is 72.3 cm³/mol. The minimum Gasteiger partial charge on any atom is -0.473 e. The molecule has 0 saturated heterocycles. The molecule has 0 radical (unpaired) electrons. The highest BCUT2D eigenvalue weighted by Gasteiger charge is 2.15. The Hall–Kier alpha value is -1.76. The zero-order valence-corrected chi connectivity index (χ0v) is 12.1. The highest BCUT2D eigenvalue weighted by atomic mass is 32.2. The van der Waals surface area contributed by atoms with E-state index in [1.807, 2.05) is 27.7 Å². The second-order valence-electron chi connectivity index (χ2n) is 4.29. The van der Waals surface area contributed by atoms with Crippen molar-refractivity contribution in [2.24, 2.45) is 0 Å². The van der Waals surface area contributed by atoms with Gasteiger partial charge < -0.3 is 14.9 Å². The molecule has 0 saturated carbocycles. The van der Waals surface area contributed by atoms with Gasteiger partial charge in [-0.15, -0.1) is 0 Å². The molecule has 2 heterocycles. The first kappa shape index (κ1) is 13.7. The van der Waals surface area contributed by atoms with Gasteiger partial charge in [-0.25, -0.2) is 9.97 Å². The number of hydrogen-bond donors (Lipinski definition) is 1. The number of nitrogen functional groups attached to an aromatic ring is 1. The maximum Gasteiger partial charge on any atom is 0.262 e. The Morgan fingerprint density at radius 3 is 2.63 bits per heavy atom. The highest BCUT2D eigenvalue weighted by Crippen LogP contribution is 2.34. The molecule has 0 atom stereocenters. The number of aryl methyl sites for hydroxylation is 2. The van der Waals surface area contributed by atoms with Crippen molar-refractivity contribution < 1.29 is 9.15 Å². The lowest BCUT2D eigenvalue weighted by atomic mass is 10.4. The molecule has 19 heavy (non-hydrogen) atoms. The van der Waals surface area contributed by atoms with Crippen molar-refractivity contribution in [2.45, 2.75) is 44.0 Å². The minimum atomic E-state index is 0.00118. The largest absolute Gasteiger partial charge is 0.473 e. The van der Waals surface area contributed by atoms with Gasteiger partial charge in [-0.2, -0.15) is 4.98 Å². The number of anilines is 1. The summed E-state index contributed by atoms with van der Waals surface area (Å²) in [5.41, 5.74) is 7.24. The van der Waals surface area contributed by atoms with Crippen molar-refractivity contribution in [1.29, 1.82) is 0 Å². The quantitative estimate of drug-likeness (QED) is 0.861. The van der Waals surface area contributed by atoms with E-state index in [1.54, 1.807) is 0 Å². The Balaban J connectivity index is 2.25. The number of hydrogen-bond acceptors (Lipinski definition) is 7. The zero-order valence-electron chi connectivity index (χ0n) is 11.3. The summed E-state index contributed by atoms with van der Waals surface area (Å²) in [4.78, 5) is 12.4. The number of nitrogens with two attached hydrogens (primary N) is 1. The third-order valence-corrected chi connectivity index (χ3v) is 3.22. The molecule has 2 rings (SSSR count). The Kier molecular flexibility index (Phi) is 3.94. The molecule has 6 nitrogen and oxygen atoms in total. The Bertz CT molecular complexity index is 564. The molecule has 0 aliphatic rings. The molecule has 2 aromatic heterocycles. The van der Waals surface area contributed by atoms with Crippen molar-refractivity contribution in [1.82, 2.24) is 15.0 Å². The van der Waals surface area contributed by atoms with Crippen LogP contribution in [0.5, 0.6) is 5.88 Å². The van der Waals surface area contributed by atoms with Crippen LogP contribution in [0.25, 0.3) is 0 Å². The molecule has 0 fully saturated rings. The van der Waals surface area contributed by atoms with E-state index < -0.39 is 0 Å². The van der Waals surface area contributed by atoms with E-state index in [-0.39, 0.29) is 6.10 Å². The summed E-state index contributed by atoms with van der Waals surface area (Å²) in [5, 5.41) is 1.09. The smallest absolute Gasteiger partial charge is 0.262 e. The van der Waals surface area contributed by atoms with Crippen LogP contribution in [0.4, 0.5) is 5.69 Å². The first-order chi connectivity index (χ1) is 8.97. The van der Waals surface area contributed by atoms with Crippen molar-refractivity contribution >= 4 is 17.4 Å². The van der Waals surface area contributed by atoms with Gasteiger partial charge in [0.05, 0.1) is 11.8 Å². The third-order valence-electron chi connectivity index (χ3n) is 2.35. The van der Waals surface area contributed by atoms with E-state index >= 15 is 0 Å². The van der Waals surface area contributed by atoms with Crippen LogP contribution >= 0.6 is 11.8 Å². The standard InChI is InChI=1S/C12H16N4O2S/c1-6(2)17-10-9(13)11(15-5-14-10)19-12-16-7(3)8(4)18-12/h5-6H,13H2,1-4H3. The van der Waals surface area contributed by atoms with E-state index in [2.05, 4.69) is 15.0 Å². The fourth-order valence-corrected chi connectivity index (χ4v) is 2.14. The van der Waals surface area contributed by atoms with Crippen LogP contribution in [0.1, 0.15) is 25.3 Å². The van der Waals surface area contributed by atoms with Crippen LogP contribution in [-0.4, -0.2) is 21.1 Å². The molecule has 0 aliphatic carbocycles. The van der Waals surface area contributed by atoms with E-state index in [1.165, 1.54) is 18.1 Å². The lowest BCUT2D eigenvalue weighted by Gasteiger charge is -2.11. The number of nitrogens with zero attached hydrogens (tertiary/aromatic N) is 3. The molecule has 2 N–H and O–H groups in total. The molecule has 7 heteroatoms. The summed E-state index contributed by atoms with van der Waals surface area (Å²) >= 11 is 1.26. The molecule has 0 unspecified atom stereocenters. The summed E-state index contributed by atoms with van der Waals surface area (Å²) < 4.78 is 11.0. The molecule has 0 bridgehead atoms. The minimum absolute atomic E-state index is 0.00118. The van der Waals surface area contributed by atoms with Crippen molar-refractivity contribution in [3.05, 3.63) is 17.8 Å². The van der Waals surface area contributed by atoms with Crippen LogP contribution in [0, 0.1) is 13.8 Å². The van der Waals surface area contributed by atoms with Gasteiger partial charge in [0.2, 0.25) is 5.88 Å². The molecule has 102 valence electrons. The summed E-state index contributed by atoms with van der Waals surface area (Å²) in [7, 11) is 0. The molecule has 2 aromatic rings. The van der Waals surface area contributed by atoms with Gasteiger partial charge in [-0.05, 0) is 39.5 Å². The number of ether oxygens (including phenoxy) is 1. The van der Waals surface area contributed by atoms with Crippen molar-refractivity contribution in [3.8, 4) is 5.88 Å². The number of rotatable bonds is 4. The van der Waals surface area contributed by atoms with Gasteiger partial charge in [0, 0.05) is 0 Å². The molecule has 0 amide bonds. The second-order valence-corrected chi connectivity index (χ2v) is 5.23. The van der Waals surface area contributed by atoms with Gasteiger partial charge in [-0.1, -0.05) is 0 Å². The van der Waals surface area contributed by atoms with Gasteiger partial charge in [-0.3, -0.25) is 0 Å². The average molecular weight is 280 g/mol. The predicted octanol–water partition coefficient (Wildman–Crippen LogP) is 2.60. The highest BCUT2D eigenvalue weighted by molar-refractivity contribution is 7.99. The third kappa shape index (κ3) is 3.17. The van der Waals surface area contributed by atoms with E-state index in [9.17, 15) is 0 Å². The van der Waals surface area contributed by atoms with Crippen LogP contribution in [0.15, 0.2) is 21.0 Å². The summed E-state index contributed by atoms with van der Waals surface area (Å²) in [6, 6.07) is 0. The fraction of sp³-hybridized carbons (Fsp3) is 0.417. The van der Waals surface area contributed by atoms with E-state index in [4.69, 9.17) is 14.9 Å². The fourth-order valence-electron chi connectivity index (χ4n) is 1.33. The van der Waals surface area contributed by atoms with Crippen LogP contribution in [0.3, 0.4) is 0 Å². The topological polar surface area (TPSA) is 87.1 Å². The number of aromatic nitrogens is 3. The summed E-state index contributed by atoms with van der Waals surface area (Å²) in [6.45, 7) is 7.58. The normalized spacial score (nSPS) is 11.0. The van der Waals surface area contributed by atoms with Gasteiger partial charge >= 0.3 is 0 Å². The summed E-state index contributed by atoms with van der Waals surface area (Å²) in [6.07, 6.45) is 1.42. The Labute approximate surface area is 115 Å². The Morgan fingerprint density at radius 1 is 1.32 bits per heavy atom.